The number of carbonyl (C=O) groups is 1. The van der Waals surface area contributed by atoms with Crippen molar-refractivity contribution in [2.45, 2.75) is 13.5 Å². The maximum Gasteiger partial charge on any atom is 0.433 e. The second kappa shape index (κ2) is 6.00. The highest BCUT2D eigenvalue weighted by Crippen LogP contribution is 2.16. The van der Waals surface area contributed by atoms with Crippen LogP contribution in [0.2, 0.25) is 0 Å². The van der Waals surface area contributed by atoms with Crippen LogP contribution in [0.4, 0.5) is 5.88 Å². The Balaban J connectivity index is 2.60. The first-order chi connectivity index (χ1) is 8.06. The summed E-state index contributed by atoms with van der Waals surface area (Å²) < 4.78 is 9.54. The number of furan rings is 1. The Morgan fingerprint density at radius 1 is 1.59 bits per heavy atom. The molecule has 1 aromatic heterocycles. The van der Waals surface area contributed by atoms with Gasteiger partial charge in [0.1, 0.15) is 10.7 Å². The molecule has 1 rings (SSSR count). The number of hydrogen-bond donors (Lipinski definition) is 0. The van der Waals surface area contributed by atoms with Crippen LogP contribution in [0.15, 0.2) is 16.5 Å². The molecule has 0 aliphatic rings. The summed E-state index contributed by atoms with van der Waals surface area (Å²) in [6.45, 7) is 2.95. The number of rotatable bonds is 6. The topological polar surface area (TPSA) is 85.8 Å². The van der Waals surface area contributed by atoms with E-state index >= 15 is 0 Å². The van der Waals surface area contributed by atoms with Gasteiger partial charge in [0.25, 0.3) is 0 Å². The van der Waals surface area contributed by atoms with Crippen LogP contribution >= 0.6 is 0 Å². The lowest BCUT2D eigenvalue weighted by Crippen LogP contribution is -2.29. The van der Waals surface area contributed by atoms with Crippen LogP contribution in [0.1, 0.15) is 12.7 Å². The maximum atomic E-state index is 11.1. The third-order valence-electron chi connectivity index (χ3n) is 2.23. The minimum atomic E-state index is -0.597. The first-order valence-corrected chi connectivity index (χ1v) is 5.09. The number of ether oxygens (including phenoxy) is 1. The monoisotopic (exact) mass is 242 g/mol. The number of carbonyl (C=O) groups excluding carboxylic acids is 1. The van der Waals surface area contributed by atoms with E-state index in [0.29, 0.717) is 18.8 Å². The molecule has 0 radical (unpaired) electrons. The molecule has 0 spiro atoms. The molecule has 1 aromatic rings. The molecular weight excluding hydrogens is 228 g/mol. The number of likely N-dealkylation sites (N-methyl/N-ethyl adjacent to an activating group) is 1. The number of esters is 1. The van der Waals surface area contributed by atoms with E-state index in [-0.39, 0.29) is 18.4 Å². The fourth-order valence-corrected chi connectivity index (χ4v) is 1.30. The molecule has 0 aliphatic carbocycles. The van der Waals surface area contributed by atoms with Crippen LogP contribution in [-0.4, -0.2) is 36.0 Å². The molecule has 0 aliphatic heterocycles. The molecule has 7 nitrogen and oxygen atoms in total. The molecule has 0 fully saturated rings. The van der Waals surface area contributed by atoms with Crippen molar-refractivity contribution < 1.29 is 18.9 Å². The summed E-state index contributed by atoms with van der Waals surface area (Å²) in [6, 6.07) is 2.82. The molecule has 0 atom stereocenters. The first kappa shape index (κ1) is 13.2. The highest BCUT2D eigenvalue weighted by atomic mass is 16.6. The number of methoxy groups -OCH3 is 1. The molecular formula is C10H14N2O5. The van der Waals surface area contributed by atoms with Crippen LogP contribution in [0.25, 0.3) is 0 Å². The van der Waals surface area contributed by atoms with E-state index in [1.54, 1.807) is 4.90 Å². The lowest BCUT2D eigenvalue weighted by atomic mass is 10.4. The lowest BCUT2D eigenvalue weighted by molar-refractivity contribution is -0.402. The fraction of sp³-hybridized carbons (Fsp3) is 0.500. The van der Waals surface area contributed by atoms with Gasteiger partial charge in [-0.15, -0.1) is 0 Å². The molecule has 1 heterocycles. The van der Waals surface area contributed by atoms with E-state index in [2.05, 4.69) is 4.74 Å². The van der Waals surface area contributed by atoms with Gasteiger partial charge in [-0.2, -0.15) is 0 Å². The van der Waals surface area contributed by atoms with Gasteiger partial charge in [0.2, 0.25) is 0 Å². The minimum Gasteiger partial charge on any atom is -0.468 e. The second-order valence-corrected chi connectivity index (χ2v) is 3.38. The van der Waals surface area contributed by atoms with Gasteiger partial charge in [-0.1, -0.05) is 6.92 Å². The smallest absolute Gasteiger partial charge is 0.433 e. The number of hydrogen-bond acceptors (Lipinski definition) is 6. The van der Waals surface area contributed by atoms with Crippen molar-refractivity contribution in [3.8, 4) is 0 Å². The van der Waals surface area contributed by atoms with Crippen molar-refractivity contribution in [3.63, 3.8) is 0 Å². The Morgan fingerprint density at radius 3 is 2.76 bits per heavy atom. The quantitative estimate of drug-likeness (QED) is 0.423. The average molecular weight is 242 g/mol. The molecule has 7 heteroatoms. The summed E-state index contributed by atoms with van der Waals surface area (Å²) >= 11 is 0. The van der Waals surface area contributed by atoms with Crippen molar-refractivity contribution in [2.75, 3.05) is 20.2 Å². The third-order valence-corrected chi connectivity index (χ3v) is 2.23. The largest absolute Gasteiger partial charge is 0.468 e. The SMILES string of the molecule is CCN(CC(=O)OC)Cc1ccc([N+](=O)[O-])o1. The Morgan fingerprint density at radius 2 is 2.29 bits per heavy atom. The third kappa shape index (κ3) is 3.87. The molecule has 94 valence electrons. The number of nitrogens with zero attached hydrogens (tertiary/aromatic N) is 2. The van der Waals surface area contributed by atoms with Crippen molar-refractivity contribution in [1.29, 1.82) is 0 Å². The van der Waals surface area contributed by atoms with Gasteiger partial charge in [0.05, 0.1) is 26.3 Å². The van der Waals surface area contributed by atoms with Gasteiger partial charge in [0, 0.05) is 0 Å². The molecule has 0 bridgehead atoms. The van der Waals surface area contributed by atoms with E-state index in [9.17, 15) is 14.9 Å². The zero-order chi connectivity index (χ0) is 12.8. The van der Waals surface area contributed by atoms with Gasteiger partial charge < -0.3 is 9.15 Å². The highest BCUT2D eigenvalue weighted by Gasteiger charge is 2.15. The molecule has 0 saturated carbocycles. The summed E-state index contributed by atoms with van der Waals surface area (Å²) in [5.41, 5.74) is 0. The van der Waals surface area contributed by atoms with Crippen LogP contribution < -0.4 is 0 Å². The summed E-state index contributed by atoms with van der Waals surface area (Å²) in [6.07, 6.45) is 0. The van der Waals surface area contributed by atoms with Crippen LogP contribution in [0, 0.1) is 10.1 Å². The van der Waals surface area contributed by atoms with E-state index in [1.165, 1.54) is 19.2 Å². The minimum absolute atomic E-state index is 0.126. The first-order valence-electron chi connectivity index (χ1n) is 5.09. The van der Waals surface area contributed by atoms with Gasteiger partial charge >= 0.3 is 11.9 Å². The number of nitro groups is 1. The zero-order valence-electron chi connectivity index (χ0n) is 9.71. The standard InChI is InChI=1S/C10H14N2O5/c1-3-11(7-10(13)16-2)6-8-4-5-9(17-8)12(14)15/h4-5H,3,6-7H2,1-2H3. The van der Waals surface area contributed by atoms with Crippen LogP contribution in [0.5, 0.6) is 0 Å². The van der Waals surface area contributed by atoms with Gasteiger partial charge in [-0.3, -0.25) is 19.8 Å². The second-order valence-electron chi connectivity index (χ2n) is 3.38. The van der Waals surface area contributed by atoms with E-state index in [4.69, 9.17) is 4.42 Å². The highest BCUT2D eigenvalue weighted by molar-refractivity contribution is 5.71. The predicted octanol–water partition coefficient (Wildman–Crippen LogP) is 1.18. The summed E-state index contributed by atoms with van der Waals surface area (Å²) in [5, 5.41) is 10.4. The maximum absolute atomic E-state index is 11.1. The summed E-state index contributed by atoms with van der Waals surface area (Å²) in [7, 11) is 1.31. The van der Waals surface area contributed by atoms with Crippen molar-refractivity contribution in [1.82, 2.24) is 4.90 Å². The average Bonchev–Trinajstić information content (AvgIpc) is 2.76. The Bertz CT molecular complexity index is 401. The van der Waals surface area contributed by atoms with E-state index in [0.717, 1.165) is 0 Å². The Hall–Kier alpha value is -1.89. The van der Waals surface area contributed by atoms with E-state index in [1.807, 2.05) is 6.92 Å². The molecule has 0 amide bonds. The Kier molecular flexibility index (Phi) is 4.65. The summed E-state index contributed by atoms with van der Waals surface area (Å²) in [4.78, 5) is 22.7. The lowest BCUT2D eigenvalue weighted by Gasteiger charge is -2.16. The van der Waals surface area contributed by atoms with Crippen LogP contribution in [-0.2, 0) is 16.1 Å². The van der Waals surface area contributed by atoms with Crippen molar-refractivity contribution in [3.05, 3.63) is 28.0 Å². The molecule has 0 N–H and O–H groups in total. The van der Waals surface area contributed by atoms with Crippen LogP contribution in [0.3, 0.4) is 0 Å². The normalized spacial score (nSPS) is 10.5. The molecule has 0 unspecified atom stereocenters. The van der Waals surface area contributed by atoms with Crippen molar-refractivity contribution >= 4 is 11.9 Å². The van der Waals surface area contributed by atoms with Gasteiger partial charge in [0.15, 0.2) is 0 Å². The zero-order valence-corrected chi connectivity index (χ0v) is 9.71. The van der Waals surface area contributed by atoms with Gasteiger partial charge in [-0.25, -0.2) is 0 Å². The molecule has 17 heavy (non-hydrogen) atoms. The van der Waals surface area contributed by atoms with Gasteiger partial charge in [-0.05, 0) is 12.6 Å². The molecule has 0 saturated heterocycles. The van der Waals surface area contributed by atoms with Crippen molar-refractivity contribution in [2.24, 2.45) is 0 Å². The van der Waals surface area contributed by atoms with E-state index < -0.39 is 4.92 Å². The predicted molar refractivity (Wildman–Crippen MR) is 58.3 cm³/mol. The molecule has 0 aromatic carbocycles. The Labute approximate surface area is 98.1 Å². The fourth-order valence-electron chi connectivity index (χ4n) is 1.30. The summed E-state index contributed by atoms with van der Waals surface area (Å²) in [5.74, 6) is -0.204.